The Labute approximate surface area is 122 Å². The maximum atomic E-state index is 6.13. The lowest BCUT2D eigenvalue weighted by molar-refractivity contribution is 0.0752. The van der Waals surface area contributed by atoms with Crippen molar-refractivity contribution in [1.82, 2.24) is 10.2 Å². The summed E-state index contributed by atoms with van der Waals surface area (Å²) >= 11 is 0. The van der Waals surface area contributed by atoms with Gasteiger partial charge in [-0.2, -0.15) is 0 Å². The van der Waals surface area contributed by atoms with E-state index in [2.05, 4.69) is 62.3 Å². The number of hydrogen-bond donors (Lipinski definition) is 1. The van der Waals surface area contributed by atoms with Gasteiger partial charge >= 0.3 is 0 Å². The summed E-state index contributed by atoms with van der Waals surface area (Å²) in [6.45, 7) is 9.07. The smallest absolute Gasteiger partial charge is 0.125 e. The Morgan fingerprint density at radius 2 is 2.05 bits per heavy atom. The van der Waals surface area contributed by atoms with Crippen LogP contribution in [0, 0.1) is 5.92 Å². The predicted octanol–water partition coefficient (Wildman–Crippen LogP) is 2.83. The van der Waals surface area contributed by atoms with Gasteiger partial charge in [-0.05, 0) is 45.8 Å². The van der Waals surface area contributed by atoms with Gasteiger partial charge in [0, 0.05) is 18.2 Å². The first-order chi connectivity index (χ1) is 9.47. The van der Waals surface area contributed by atoms with Gasteiger partial charge in [0.05, 0.1) is 6.04 Å². The third-order valence-electron chi connectivity index (χ3n) is 4.79. The lowest BCUT2D eigenvalue weighted by Crippen LogP contribution is -2.51. The summed E-state index contributed by atoms with van der Waals surface area (Å²) in [6.07, 6.45) is 1.21. The molecule has 1 aromatic rings. The molecule has 1 N–H and O–H groups in total. The molecule has 3 nitrogen and oxygen atoms in total. The molecule has 0 spiro atoms. The first kappa shape index (κ1) is 13.9. The third kappa shape index (κ3) is 2.45. The molecule has 0 amide bonds. The Morgan fingerprint density at radius 3 is 2.80 bits per heavy atom. The van der Waals surface area contributed by atoms with Crippen LogP contribution >= 0.6 is 0 Å². The maximum absolute atomic E-state index is 6.13. The van der Waals surface area contributed by atoms with Crippen molar-refractivity contribution in [1.29, 1.82) is 0 Å². The minimum absolute atomic E-state index is 0.174. The summed E-state index contributed by atoms with van der Waals surface area (Å²) in [6, 6.07) is 9.30. The average molecular weight is 274 g/mol. The molecular formula is C17H26N2O. The second-order valence-corrected chi connectivity index (χ2v) is 6.98. The monoisotopic (exact) mass is 274 g/mol. The Bertz CT molecular complexity index is 486. The molecule has 3 unspecified atom stereocenters. The van der Waals surface area contributed by atoms with Crippen LogP contribution in [0.2, 0.25) is 0 Å². The summed E-state index contributed by atoms with van der Waals surface area (Å²) in [7, 11) is 2.21. The van der Waals surface area contributed by atoms with E-state index in [9.17, 15) is 0 Å². The van der Waals surface area contributed by atoms with E-state index in [4.69, 9.17) is 4.74 Å². The maximum Gasteiger partial charge on any atom is 0.125 e. The molecular weight excluding hydrogens is 248 g/mol. The van der Waals surface area contributed by atoms with E-state index in [0.29, 0.717) is 12.0 Å². The highest BCUT2D eigenvalue weighted by molar-refractivity contribution is 5.42. The van der Waals surface area contributed by atoms with Crippen LogP contribution in [0.3, 0.4) is 0 Å². The zero-order chi connectivity index (χ0) is 14.3. The number of ether oxygens (including phenoxy) is 1. The van der Waals surface area contributed by atoms with Crippen molar-refractivity contribution in [3.05, 3.63) is 29.8 Å². The average Bonchev–Trinajstić information content (AvgIpc) is 2.63. The summed E-state index contributed by atoms with van der Waals surface area (Å²) < 4.78 is 6.13. The number of rotatable bonds is 2. The first-order valence-corrected chi connectivity index (χ1v) is 7.70. The van der Waals surface area contributed by atoms with Crippen LogP contribution in [0.15, 0.2) is 24.3 Å². The fourth-order valence-electron chi connectivity index (χ4n) is 3.64. The van der Waals surface area contributed by atoms with Crippen LogP contribution in [0.1, 0.15) is 38.8 Å². The number of nitrogens with one attached hydrogen (secondary N) is 1. The molecule has 1 fully saturated rings. The minimum atomic E-state index is -0.174. The van der Waals surface area contributed by atoms with Gasteiger partial charge in [-0.25, -0.2) is 0 Å². The van der Waals surface area contributed by atoms with Crippen LogP contribution < -0.4 is 10.1 Å². The van der Waals surface area contributed by atoms with Gasteiger partial charge in [0.2, 0.25) is 0 Å². The third-order valence-corrected chi connectivity index (χ3v) is 4.79. The summed E-state index contributed by atoms with van der Waals surface area (Å²) in [5, 5.41) is 3.88. The molecule has 3 atom stereocenters. The van der Waals surface area contributed by atoms with E-state index in [1.54, 1.807) is 0 Å². The molecule has 20 heavy (non-hydrogen) atoms. The van der Waals surface area contributed by atoms with Gasteiger partial charge in [0.1, 0.15) is 11.4 Å². The van der Waals surface area contributed by atoms with Crippen LogP contribution in [0.5, 0.6) is 5.75 Å². The minimum Gasteiger partial charge on any atom is -0.486 e. The van der Waals surface area contributed by atoms with Crippen molar-refractivity contribution in [3.63, 3.8) is 0 Å². The fraction of sp³-hybridized carbons (Fsp3) is 0.647. The molecule has 110 valence electrons. The molecule has 3 rings (SSSR count). The van der Waals surface area contributed by atoms with Gasteiger partial charge in [-0.1, -0.05) is 25.1 Å². The van der Waals surface area contributed by atoms with Crippen molar-refractivity contribution in [2.75, 3.05) is 20.1 Å². The first-order valence-electron chi connectivity index (χ1n) is 7.70. The molecule has 2 aliphatic rings. The molecule has 1 aromatic carbocycles. The van der Waals surface area contributed by atoms with Gasteiger partial charge in [0.25, 0.3) is 0 Å². The Hall–Kier alpha value is -1.06. The van der Waals surface area contributed by atoms with Crippen LogP contribution in [-0.4, -0.2) is 36.7 Å². The van der Waals surface area contributed by atoms with E-state index >= 15 is 0 Å². The normalized spacial score (nSPS) is 32.7. The zero-order valence-corrected chi connectivity index (χ0v) is 13.0. The molecule has 3 heteroatoms. The number of hydrogen-bond acceptors (Lipinski definition) is 3. The molecule has 0 saturated carbocycles. The Morgan fingerprint density at radius 1 is 1.30 bits per heavy atom. The lowest BCUT2D eigenvalue weighted by Gasteiger charge is -2.39. The van der Waals surface area contributed by atoms with Gasteiger partial charge in [-0.15, -0.1) is 0 Å². The molecule has 0 bridgehead atoms. The van der Waals surface area contributed by atoms with E-state index in [1.807, 2.05) is 0 Å². The van der Waals surface area contributed by atoms with Crippen molar-refractivity contribution >= 4 is 0 Å². The van der Waals surface area contributed by atoms with E-state index in [-0.39, 0.29) is 11.6 Å². The van der Waals surface area contributed by atoms with Gasteiger partial charge in [0.15, 0.2) is 0 Å². The second-order valence-electron chi connectivity index (χ2n) is 6.98. The number of para-hydroxylation sites is 1. The molecule has 2 heterocycles. The fourth-order valence-corrected chi connectivity index (χ4v) is 3.64. The highest BCUT2D eigenvalue weighted by Crippen LogP contribution is 2.43. The summed E-state index contributed by atoms with van der Waals surface area (Å²) in [4.78, 5) is 2.42. The quantitative estimate of drug-likeness (QED) is 0.897. The van der Waals surface area contributed by atoms with Crippen LogP contribution in [-0.2, 0) is 0 Å². The zero-order valence-electron chi connectivity index (χ0n) is 13.0. The Kier molecular flexibility index (Phi) is 3.51. The van der Waals surface area contributed by atoms with E-state index in [1.165, 1.54) is 25.1 Å². The standard InChI is InChI=1S/C17H26N2O/c1-12-11-19(4)10-9-14(12)18-16-13-7-5-6-8-15(13)20-17(16,2)3/h5-8,12,14,16,18H,9-11H2,1-4H3. The Balaban J connectivity index is 1.79. The van der Waals surface area contributed by atoms with Gasteiger partial charge in [-0.3, -0.25) is 0 Å². The van der Waals surface area contributed by atoms with Crippen molar-refractivity contribution in [2.24, 2.45) is 5.92 Å². The van der Waals surface area contributed by atoms with E-state index in [0.717, 1.165) is 5.75 Å². The highest BCUT2D eigenvalue weighted by Gasteiger charge is 2.42. The summed E-state index contributed by atoms with van der Waals surface area (Å²) in [5.41, 5.74) is 1.14. The molecule has 0 radical (unpaired) electrons. The van der Waals surface area contributed by atoms with Crippen LogP contribution in [0.4, 0.5) is 0 Å². The molecule has 2 aliphatic heterocycles. The van der Waals surface area contributed by atoms with E-state index < -0.39 is 0 Å². The van der Waals surface area contributed by atoms with Gasteiger partial charge < -0.3 is 15.0 Å². The number of nitrogens with zero attached hydrogens (tertiary/aromatic N) is 1. The second kappa shape index (κ2) is 5.05. The number of benzene rings is 1. The topological polar surface area (TPSA) is 24.5 Å². The lowest BCUT2D eigenvalue weighted by atomic mass is 9.89. The van der Waals surface area contributed by atoms with Crippen LogP contribution in [0.25, 0.3) is 0 Å². The summed E-state index contributed by atoms with van der Waals surface area (Å²) in [5.74, 6) is 1.72. The highest BCUT2D eigenvalue weighted by atomic mass is 16.5. The predicted molar refractivity (Wildman–Crippen MR) is 82.1 cm³/mol. The molecule has 0 aromatic heterocycles. The molecule has 1 saturated heterocycles. The largest absolute Gasteiger partial charge is 0.486 e. The van der Waals surface area contributed by atoms with Crippen molar-refractivity contribution in [2.45, 2.75) is 44.9 Å². The van der Waals surface area contributed by atoms with Crippen molar-refractivity contribution < 1.29 is 4.74 Å². The number of piperidine rings is 1. The molecule has 0 aliphatic carbocycles. The van der Waals surface area contributed by atoms with Crippen molar-refractivity contribution in [3.8, 4) is 5.75 Å². The number of likely N-dealkylation sites (tertiary alicyclic amines) is 1. The number of fused-ring (bicyclic) bond motifs is 1. The SMILES string of the molecule is CC1CN(C)CCC1NC1c2ccccc2OC1(C)C.